The fraction of sp³-hybridized carbons (Fsp3) is 0.310. The van der Waals surface area contributed by atoms with E-state index in [1.165, 1.54) is 5.56 Å². The van der Waals surface area contributed by atoms with Gasteiger partial charge in [0.05, 0.1) is 22.0 Å². The first kappa shape index (κ1) is 26.6. The van der Waals surface area contributed by atoms with E-state index in [9.17, 15) is 8.42 Å². The molecule has 0 saturated heterocycles. The number of benzene rings is 2. The monoisotopic (exact) mass is 517 g/mol. The Hall–Kier alpha value is -3.49. The molecule has 0 bridgehead atoms. The molecule has 7 nitrogen and oxygen atoms in total. The molecule has 0 aliphatic rings. The zero-order valence-corrected chi connectivity index (χ0v) is 22.7. The van der Waals surface area contributed by atoms with E-state index in [4.69, 9.17) is 0 Å². The molecule has 8 heteroatoms. The normalized spacial score (nSPS) is 11.7. The van der Waals surface area contributed by atoms with Gasteiger partial charge in [-0.25, -0.2) is 8.42 Å². The third kappa shape index (κ3) is 6.84. The summed E-state index contributed by atoms with van der Waals surface area (Å²) in [5.74, 6) is 0.365. The lowest BCUT2D eigenvalue weighted by atomic mass is 10.0. The lowest BCUT2D eigenvalue weighted by Crippen LogP contribution is -2.17. The standard InChI is InChI=1S/C29H35N5O2S/c1-21(2)18-28-29(22(3)34(4)32-28)33-37(35,36)27-13-11-24(12-14-27)25-9-7-8-23(19-25)20-30-17-15-26-10-5-6-16-31-26/h5-14,16,19,21,30,33H,15,17-18,20H2,1-4H3. The number of nitrogens with one attached hydrogen (secondary N) is 2. The SMILES string of the molecule is Cc1c(NS(=O)(=O)c2ccc(-c3cccc(CNCCc4ccccn4)c3)cc2)c(CC(C)C)nn1C. The van der Waals surface area contributed by atoms with Gasteiger partial charge in [-0.1, -0.05) is 50.2 Å². The molecule has 0 fully saturated rings. The minimum absolute atomic E-state index is 0.224. The molecule has 2 N–H and O–H groups in total. The minimum Gasteiger partial charge on any atom is -0.312 e. The van der Waals surface area contributed by atoms with Gasteiger partial charge in [0.25, 0.3) is 10.0 Å². The predicted octanol–water partition coefficient (Wildman–Crippen LogP) is 5.12. The van der Waals surface area contributed by atoms with Crippen molar-refractivity contribution >= 4 is 15.7 Å². The fourth-order valence-electron chi connectivity index (χ4n) is 4.21. The number of hydrogen-bond donors (Lipinski definition) is 2. The Kier molecular flexibility index (Phi) is 8.41. The van der Waals surface area contributed by atoms with Gasteiger partial charge >= 0.3 is 0 Å². The summed E-state index contributed by atoms with van der Waals surface area (Å²) in [5.41, 5.74) is 6.38. The van der Waals surface area contributed by atoms with Gasteiger partial charge < -0.3 is 5.32 Å². The molecule has 2 heterocycles. The Morgan fingerprint density at radius 1 is 0.973 bits per heavy atom. The molecule has 0 saturated carbocycles. The third-order valence-corrected chi connectivity index (χ3v) is 7.65. The Morgan fingerprint density at radius 2 is 1.76 bits per heavy atom. The average Bonchev–Trinajstić information content (AvgIpc) is 3.14. The summed E-state index contributed by atoms with van der Waals surface area (Å²) >= 11 is 0. The largest absolute Gasteiger partial charge is 0.312 e. The fourth-order valence-corrected chi connectivity index (χ4v) is 5.36. The lowest BCUT2D eigenvalue weighted by molar-refractivity contribution is 0.600. The highest BCUT2D eigenvalue weighted by molar-refractivity contribution is 7.92. The Balaban J connectivity index is 1.43. The van der Waals surface area contributed by atoms with Crippen LogP contribution in [-0.2, 0) is 36.5 Å². The Bertz CT molecular complexity index is 1430. The van der Waals surface area contributed by atoms with E-state index in [0.29, 0.717) is 18.0 Å². The molecule has 0 aliphatic heterocycles. The van der Waals surface area contributed by atoms with Crippen LogP contribution in [0.2, 0.25) is 0 Å². The molecule has 4 rings (SSSR count). The molecule has 0 spiro atoms. The van der Waals surface area contributed by atoms with Crippen LogP contribution in [0.25, 0.3) is 11.1 Å². The molecule has 194 valence electrons. The van der Waals surface area contributed by atoms with E-state index in [-0.39, 0.29) is 4.90 Å². The van der Waals surface area contributed by atoms with Crippen molar-refractivity contribution in [3.63, 3.8) is 0 Å². The number of hydrogen-bond acceptors (Lipinski definition) is 5. The molecule has 0 radical (unpaired) electrons. The maximum absolute atomic E-state index is 13.2. The van der Waals surface area contributed by atoms with Gasteiger partial charge in [0.15, 0.2) is 0 Å². The van der Waals surface area contributed by atoms with Gasteiger partial charge in [0.1, 0.15) is 0 Å². The quantitative estimate of drug-likeness (QED) is 0.270. The van der Waals surface area contributed by atoms with Gasteiger partial charge in [0.2, 0.25) is 0 Å². The molecule has 2 aromatic heterocycles. The summed E-state index contributed by atoms with van der Waals surface area (Å²) < 4.78 is 30.9. The first-order valence-electron chi connectivity index (χ1n) is 12.6. The zero-order chi connectivity index (χ0) is 26.4. The van der Waals surface area contributed by atoms with E-state index in [1.54, 1.807) is 16.8 Å². The number of aromatic nitrogens is 3. The maximum atomic E-state index is 13.2. The van der Waals surface area contributed by atoms with E-state index >= 15 is 0 Å². The van der Waals surface area contributed by atoms with Crippen LogP contribution < -0.4 is 10.0 Å². The molecular formula is C29H35N5O2S. The summed E-state index contributed by atoms with van der Waals surface area (Å²) in [6, 6.07) is 21.3. The van der Waals surface area contributed by atoms with Gasteiger partial charge in [-0.2, -0.15) is 5.10 Å². The van der Waals surface area contributed by atoms with Crippen molar-refractivity contribution in [2.45, 2.75) is 45.1 Å². The van der Waals surface area contributed by atoms with Crippen molar-refractivity contribution in [3.8, 4) is 11.1 Å². The molecule has 0 atom stereocenters. The lowest BCUT2D eigenvalue weighted by Gasteiger charge is -2.12. The van der Waals surface area contributed by atoms with Crippen LogP contribution in [0.4, 0.5) is 5.69 Å². The Morgan fingerprint density at radius 3 is 2.46 bits per heavy atom. The van der Waals surface area contributed by atoms with Crippen LogP contribution in [0.3, 0.4) is 0 Å². The maximum Gasteiger partial charge on any atom is 0.262 e. The van der Waals surface area contributed by atoms with E-state index in [1.807, 2.05) is 62.6 Å². The number of anilines is 1. The van der Waals surface area contributed by atoms with E-state index in [2.05, 4.69) is 46.1 Å². The van der Waals surface area contributed by atoms with Gasteiger partial charge in [-0.3, -0.25) is 14.4 Å². The first-order valence-corrected chi connectivity index (χ1v) is 14.1. The van der Waals surface area contributed by atoms with Crippen LogP contribution in [0.15, 0.2) is 77.8 Å². The number of aryl methyl sites for hydroxylation is 1. The van der Waals surface area contributed by atoms with Crippen LogP contribution in [0, 0.1) is 12.8 Å². The number of nitrogens with zero attached hydrogens (tertiary/aromatic N) is 3. The second-order valence-electron chi connectivity index (χ2n) is 9.71. The van der Waals surface area contributed by atoms with E-state index in [0.717, 1.165) is 47.7 Å². The van der Waals surface area contributed by atoms with Crippen LogP contribution in [0.1, 0.15) is 36.5 Å². The summed E-state index contributed by atoms with van der Waals surface area (Å²) in [5, 5.41) is 7.98. The minimum atomic E-state index is -3.74. The summed E-state index contributed by atoms with van der Waals surface area (Å²) in [7, 11) is -1.91. The van der Waals surface area contributed by atoms with E-state index < -0.39 is 10.0 Å². The van der Waals surface area contributed by atoms with Crippen molar-refractivity contribution in [2.24, 2.45) is 13.0 Å². The van der Waals surface area contributed by atoms with Crippen LogP contribution >= 0.6 is 0 Å². The molecule has 0 aliphatic carbocycles. The van der Waals surface area contributed by atoms with Crippen molar-refractivity contribution in [1.82, 2.24) is 20.1 Å². The van der Waals surface area contributed by atoms with Crippen molar-refractivity contribution in [2.75, 3.05) is 11.3 Å². The van der Waals surface area contributed by atoms with Crippen LogP contribution in [0.5, 0.6) is 0 Å². The molecule has 0 amide bonds. The smallest absolute Gasteiger partial charge is 0.262 e. The first-order chi connectivity index (χ1) is 17.7. The molecule has 37 heavy (non-hydrogen) atoms. The Labute approximate surface area is 220 Å². The summed E-state index contributed by atoms with van der Waals surface area (Å²) in [6.07, 6.45) is 3.39. The highest BCUT2D eigenvalue weighted by atomic mass is 32.2. The predicted molar refractivity (Wildman–Crippen MR) is 149 cm³/mol. The number of pyridine rings is 1. The second kappa shape index (κ2) is 11.7. The van der Waals surface area contributed by atoms with Crippen LogP contribution in [-0.4, -0.2) is 29.7 Å². The molecule has 4 aromatic rings. The van der Waals surface area contributed by atoms with Crippen molar-refractivity contribution < 1.29 is 8.42 Å². The molecular weight excluding hydrogens is 482 g/mol. The van der Waals surface area contributed by atoms with Gasteiger partial charge in [0, 0.05) is 38.4 Å². The summed E-state index contributed by atoms with van der Waals surface area (Å²) in [4.78, 5) is 4.58. The molecule has 2 aromatic carbocycles. The van der Waals surface area contributed by atoms with Crippen molar-refractivity contribution in [3.05, 3.63) is 95.6 Å². The number of rotatable bonds is 11. The second-order valence-corrected chi connectivity index (χ2v) is 11.4. The highest BCUT2D eigenvalue weighted by Gasteiger charge is 2.21. The summed E-state index contributed by atoms with van der Waals surface area (Å²) in [6.45, 7) is 7.65. The van der Waals surface area contributed by atoms with Crippen molar-refractivity contribution in [1.29, 1.82) is 0 Å². The number of sulfonamides is 1. The van der Waals surface area contributed by atoms with Gasteiger partial charge in [-0.05, 0) is 66.3 Å². The van der Waals surface area contributed by atoms with Gasteiger partial charge in [-0.15, -0.1) is 0 Å². The topological polar surface area (TPSA) is 88.9 Å². The average molecular weight is 518 g/mol. The zero-order valence-electron chi connectivity index (χ0n) is 21.9. The molecule has 0 unspecified atom stereocenters. The highest BCUT2D eigenvalue weighted by Crippen LogP contribution is 2.27. The third-order valence-electron chi connectivity index (χ3n) is 6.28.